The van der Waals surface area contributed by atoms with Crippen LogP contribution in [0.3, 0.4) is 0 Å². The second-order valence-corrected chi connectivity index (χ2v) is 4.73. The quantitative estimate of drug-likeness (QED) is 0.836. The van der Waals surface area contributed by atoms with E-state index in [1.54, 1.807) is 11.3 Å². The van der Waals surface area contributed by atoms with Gasteiger partial charge in [0.15, 0.2) is 5.13 Å². The number of rotatable bonds is 4. The third kappa shape index (κ3) is 2.83. The van der Waals surface area contributed by atoms with Gasteiger partial charge in [0.05, 0.1) is 0 Å². The lowest BCUT2D eigenvalue weighted by Gasteiger charge is -2.09. The van der Waals surface area contributed by atoms with Crippen molar-refractivity contribution in [3.63, 3.8) is 0 Å². The van der Waals surface area contributed by atoms with Gasteiger partial charge in [0.1, 0.15) is 5.15 Å². The normalized spacial score (nSPS) is 21.4. The second-order valence-electron chi connectivity index (χ2n) is 3.48. The van der Waals surface area contributed by atoms with Crippen molar-refractivity contribution < 1.29 is 0 Å². The lowest BCUT2D eigenvalue weighted by molar-refractivity contribution is 0.574. The van der Waals surface area contributed by atoms with Gasteiger partial charge in [-0.2, -0.15) is 0 Å². The van der Waals surface area contributed by atoms with Gasteiger partial charge >= 0.3 is 0 Å². The van der Waals surface area contributed by atoms with E-state index in [4.69, 9.17) is 11.6 Å². The summed E-state index contributed by atoms with van der Waals surface area (Å²) in [6.45, 7) is 2.15. The molecule has 0 unspecified atom stereocenters. The lowest BCUT2D eigenvalue weighted by atomic mass is 10.2. The average Bonchev–Trinajstić information content (AvgIpc) is 2.77. The fraction of sp³-hybridized carbons (Fsp3) is 0.667. The first-order valence-electron chi connectivity index (χ1n) is 4.93. The maximum Gasteiger partial charge on any atom is 0.184 e. The van der Waals surface area contributed by atoms with E-state index in [1.165, 1.54) is 19.4 Å². The number of halogens is 1. The van der Waals surface area contributed by atoms with Gasteiger partial charge in [-0.3, -0.25) is 0 Å². The van der Waals surface area contributed by atoms with Gasteiger partial charge in [-0.15, -0.1) is 11.3 Å². The SMILES string of the molecule is Clc1csc(NCC[C@@H]2CCCN2)n1. The van der Waals surface area contributed by atoms with Crippen LogP contribution < -0.4 is 10.6 Å². The molecule has 1 aromatic rings. The highest BCUT2D eigenvalue weighted by Crippen LogP contribution is 2.19. The van der Waals surface area contributed by atoms with Gasteiger partial charge in [0.2, 0.25) is 0 Å². The Bertz CT molecular complexity index is 283. The molecule has 2 heterocycles. The van der Waals surface area contributed by atoms with Crippen LogP contribution in [0.4, 0.5) is 5.13 Å². The van der Waals surface area contributed by atoms with E-state index in [0.29, 0.717) is 11.2 Å². The smallest absolute Gasteiger partial charge is 0.184 e. The predicted octanol–water partition coefficient (Wildman–Crippen LogP) is 2.35. The molecule has 0 radical (unpaired) electrons. The topological polar surface area (TPSA) is 37.0 Å². The minimum Gasteiger partial charge on any atom is -0.361 e. The summed E-state index contributed by atoms with van der Waals surface area (Å²) in [6.07, 6.45) is 3.78. The van der Waals surface area contributed by atoms with Crippen LogP contribution in [-0.2, 0) is 0 Å². The zero-order chi connectivity index (χ0) is 9.80. The summed E-state index contributed by atoms with van der Waals surface area (Å²) in [7, 11) is 0. The first-order valence-corrected chi connectivity index (χ1v) is 6.18. The van der Waals surface area contributed by atoms with Gasteiger partial charge in [-0.1, -0.05) is 11.6 Å². The molecule has 78 valence electrons. The van der Waals surface area contributed by atoms with Crippen molar-refractivity contribution in [1.82, 2.24) is 10.3 Å². The van der Waals surface area contributed by atoms with E-state index >= 15 is 0 Å². The van der Waals surface area contributed by atoms with Crippen molar-refractivity contribution in [2.75, 3.05) is 18.4 Å². The van der Waals surface area contributed by atoms with Crippen LogP contribution >= 0.6 is 22.9 Å². The minimum atomic E-state index is 0.580. The summed E-state index contributed by atoms with van der Waals surface area (Å²) in [5.74, 6) is 0. The number of thiazole rings is 1. The van der Waals surface area contributed by atoms with E-state index in [-0.39, 0.29) is 0 Å². The Morgan fingerprint density at radius 1 is 1.71 bits per heavy atom. The molecule has 1 aromatic heterocycles. The highest BCUT2D eigenvalue weighted by Gasteiger charge is 2.12. The van der Waals surface area contributed by atoms with Gasteiger partial charge < -0.3 is 10.6 Å². The molecule has 0 spiro atoms. The number of aromatic nitrogens is 1. The van der Waals surface area contributed by atoms with Crippen molar-refractivity contribution in [3.8, 4) is 0 Å². The Morgan fingerprint density at radius 2 is 2.64 bits per heavy atom. The Kier molecular flexibility index (Phi) is 3.61. The molecule has 2 N–H and O–H groups in total. The molecule has 3 nitrogen and oxygen atoms in total. The Hall–Kier alpha value is -0.320. The molecule has 2 rings (SSSR count). The van der Waals surface area contributed by atoms with Crippen LogP contribution in [0.25, 0.3) is 0 Å². The fourth-order valence-electron chi connectivity index (χ4n) is 1.69. The first-order chi connectivity index (χ1) is 6.84. The summed E-state index contributed by atoms with van der Waals surface area (Å²) < 4.78 is 0. The molecule has 1 aliphatic rings. The van der Waals surface area contributed by atoms with Gasteiger partial charge in [0.25, 0.3) is 0 Å². The van der Waals surface area contributed by atoms with Crippen molar-refractivity contribution in [2.45, 2.75) is 25.3 Å². The highest BCUT2D eigenvalue weighted by atomic mass is 35.5. The molecule has 1 fully saturated rings. The van der Waals surface area contributed by atoms with Crippen molar-refractivity contribution in [1.29, 1.82) is 0 Å². The Labute approximate surface area is 92.9 Å². The van der Waals surface area contributed by atoms with E-state index in [0.717, 1.165) is 18.1 Å². The lowest BCUT2D eigenvalue weighted by Crippen LogP contribution is -2.23. The summed E-state index contributed by atoms with van der Waals surface area (Å²) in [5.41, 5.74) is 0. The predicted molar refractivity (Wildman–Crippen MR) is 61.3 cm³/mol. The third-order valence-electron chi connectivity index (χ3n) is 2.41. The van der Waals surface area contributed by atoms with Crippen molar-refractivity contribution >= 4 is 28.1 Å². The molecule has 0 bridgehead atoms. The molecule has 1 aliphatic heterocycles. The Morgan fingerprint density at radius 3 is 3.29 bits per heavy atom. The molecule has 0 amide bonds. The standard InChI is InChI=1S/C9H14ClN3S/c10-8-6-14-9(13-8)12-5-3-7-2-1-4-11-7/h6-7,11H,1-5H2,(H,12,13)/t7-/m0/s1. The first kappa shape index (κ1) is 10.2. The molecule has 0 aromatic carbocycles. The van der Waals surface area contributed by atoms with Gasteiger partial charge in [-0.25, -0.2) is 4.98 Å². The zero-order valence-electron chi connectivity index (χ0n) is 7.92. The number of hydrogen-bond donors (Lipinski definition) is 2. The van der Waals surface area contributed by atoms with E-state index < -0.39 is 0 Å². The van der Waals surface area contributed by atoms with Crippen molar-refractivity contribution in [2.24, 2.45) is 0 Å². The van der Waals surface area contributed by atoms with Crippen LogP contribution in [0.15, 0.2) is 5.38 Å². The minimum absolute atomic E-state index is 0.580. The molecule has 0 saturated carbocycles. The number of nitrogens with zero attached hydrogens (tertiary/aromatic N) is 1. The molecular weight excluding hydrogens is 218 g/mol. The number of anilines is 1. The monoisotopic (exact) mass is 231 g/mol. The molecule has 1 saturated heterocycles. The van der Waals surface area contributed by atoms with Crippen LogP contribution in [0, 0.1) is 0 Å². The summed E-state index contributed by atoms with van der Waals surface area (Å²) in [4.78, 5) is 4.13. The molecule has 14 heavy (non-hydrogen) atoms. The average molecular weight is 232 g/mol. The van der Waals surface area contributed by atoms with Crippen LogP contribution in [0.1, 0.15) is 19.3 Å². The largest absolute Gasteiger partial charge is 0.361 e. The van der Waals surface area contributed by atoms with Crippen LogP contribution in [0.5, 0.6) is 0 Å². The summed E-state index contributed by atoms with van der Waals surface area (Å²) in [5, 5.41) is 10.1. The molecule has 1 atom stereocenters. The fourth-order valence-corrected chi connectivity index (χ4v) is 2.56. The molecule has 0 aliphatic carbocycles. The molecule has 5 heteroatoms. The van der Waals surface area contributed by atoms with E-state index in [1.807, 2.05) is 5.38 Å². The second kappa shape index (κ2) is 4.96. The number of nitrogens with one attached hydrogen (secondary N) is 2. The molecular formula is C9H14ClN3S. The Balaban J connectivity index is 1.67. The van der Waals surface area contributed by atoms with E-state index in [9.17, 15) is 0 Å². The van der Waals surface area contributed by atoms with Crippen LogP contribution in [-0.4, -0.2) is 24.1 Å². The van der Waals surface area contributed by atoms with Crippen LogP contribution in [0.2, 0.25) is 5.15 Å². The maximum absolute atomic E-state index is 5.71. The van der Waals surface area contributed by atoms with E-state index in [2.05, 4.69) is 15.6 Å². The maximum atomic E-state index is 5.71. The zero-order valence-corrected chi connectivity index (χ0v) is 9.50. The summed E-state index contributed by atoms with van der Waals surface area (Å²) >= 11 is 7.27. The highest BCUT2D eigenvalue weighted by molar-refractivity contribution is 7.14. The van der Waals surface area contributed by atoms with Gasteiger partial charge in [0, 0.05) is 18.0 Å². The number of hydrogen-bond acceptors (Lipinski definition) is 4. The van der Waals surface area contributed by atoms with Gasteiger partial charge in [-0.05, 0) is 25.8 Å². The third-order valence-corrected chi connectivity index (χ3v) is 3.53. The van der Waals surface area contributed by atoms with Crippen molar-refractivity contribution in [3.05, 3.63) is 10.5 Å². The summed E-state index contributed by atoms with van der Waals surface area (Å²) in [6, 6.07) is 0.693.